The largest absolute Gasteiger partial charge is 0.207 e. The quantitative estimate of drug-likeness (QED) is 0.622. The van der Waals surface area contributed by atoms with Crippen molar-refractivity contribution in [3.63, 3.8) is 0 Å². The van der Waals surface area contributed by atoms with Crippen LogP contribution < -0.4 is 0 Å². The van der Waals surface area contributed by atoms with Gasteiger partial charge in [0.1, 0.15) is 11.6 Å². The van der Waals surface area contributed by atoms with E-state index in [1.54, 1.807) is 6.92 Å². The van der Waals surface area contributed by atoms with Crippen molar-refractivity contribution >= 4 is 11.6 Å². The minimum Gasteiger partial charge on any atom is -0.207 e. The van der Waals surface area contributed by atoms with Crippen molar-refractivity contribution in [2.75, 3.05) is 0 Å². The summed E-state index contributed by atoms with van der Waals surface area (Å²) in [7, 11) is 0. The SMILES string of the molecule is Cc1cc(F)c(C(Cl)C2(C)CCCCC2)cc1F. The van der Waals surface area contributed by atoms with Crippen LogP contribution in [-0.2, 0) is 0 Å². The number of benzene rings is 1. The zero-order valence-corrected chi connectivity index (χ0v) is 11.7. The molecular formula is C15H19ClF2. The maximum atomic E-state index is 14.0. The molecule has 1 aliphatic rings. The predicted octanol–water partition coefficient (Wildman–Crippen LogP) is 5.52. The van der Waals surface area contributed by atoms with Crippen molar-refractivity contribution in [2.45, 2.75) is 51.3 Å². The summed E-state index contributed by atoms with van der Waals surface area (Å²) in [5.41, 5.74) is 0.514. The van der Waals surface area contributed by atoms with Gasteiger partial charge < -0.3 is 0 Å². The van der Waals surface area contributed by atoms with Crippen molar-refractivity contribution in [3.8, 4) is 0 Å². The van der Waals surface area contributed by atoms with Crippen LogP contribution in [0.5, 0.6) is 0 Å². The van der Waals surface area contributed by atoms with Gasteiger partial charge in [0.2, 0.25) is 0 Å². The van der Waals surface area contributed by atoms with Crippen molar-refractivity contribution in [1.82, 2.24) is 0 Å². The highest BCUT2D eigenvalue weighted by Gasteiger charge is 2.36. The molecule has 0 N–H and O–H groups in total. The average molecular weight is 273 g/mol. The standard InChI is InChI=1S/C15H19ClF2/c1-10-8-13(18)11(9-12(10)17)14(16)15(2)6-4-3-5-7-15/h8-9,14H,3-7H2,1-2H3. The zero-order chi connectivity index (χ0) is 13.3. The maximum Gasteiger partial charge on any atom is 0.128 e. The molecule has 0 aromatic heterocycles. The molecular weight excluding hydrogens is 254 g/mol. The fourth-order valence-corrected chi connectivity index (χ4v) is 3.23. The van der Waals surface area contributed by atoms with Gasteiger partial charge in [-0.1, -0.05) is 26.2 Å². The van der Waals surface area contributed by atoms with Crippen molar-refractivity contribution < 1.29 is 8.78 Å². The third-order valence-electron chi connectivity index (χ3n) is 4.16. The monoisotopic (exact) mass is 272 g/mol. The Labute approximate surface area is 112 Å². The summed E-state index contributed by atoms with van der Waals surface area (Å²) >= 11 is 6.45. The van der Waals surface area contributed by atoms with Crippen LogP contribution in [0.25, 0.3) is 0 Å². The summed E-state index contributed by atoms with van der Waals surface area (Å²) in [4.78, 5) is 0. The third-order valence-corrected chi connectivity index (χ3v) is 4.92. The van der Waals surface area contributed by atoms with Crippen LogP contribution in [0.4, 0.5) is 8.78 Å². The summed E-state index contributed by atoms with van der Waals surface area (Å²) in [6.07, 6.45) is 5.42. The van der Waals surface area contributed by atoms with E-state index in [1.807, 2.05) is 0 Å². The minimum atomic E-state index is -0.451. The van der Waals surface area contributed by atoms with Crippen LogP contribution in [-0.4, -0.2) is 0 Å². The summed E-state index contributed by atoms with van der Waals surface area (Å²) in [5.74, 6) is -0.767. The normalized spacial score (nSPS) is 20.7. The summed E-state index contributed by atoms with van der Waals surface area (Å²) in [5, 5.41) is -0.451. The Morgan fingerprint density at radius 3 is 2.33 bits per heavy atom. The molecule has 1 saturated carbocycles. The number of alkyl halides is 1. The van der Waals surface area contributed by atoms with Crippen LogP contribution in [0.15, 0.2) is 12.1 Å². The molecule has 3 heteroatoms. The Bertz CT molecular complexity index is 436. The lowest BCUT2D eigenvalue weighted by molar-refractivity contribution is 0.204. The molecule has 1 aromatic rings. The van der Waals surface area contributed by atoms with Crippen molar-refractivity contribution in [3.05, 3.63) is 34.9 Å². The van der Waals surface area contributed by atoms with Gasteiger partial charge in [0.15, 0.2) is 0 Å². The Hall–Kier alpha value is -0.630. The molecule has 0 heterocycles. The van der Waals surface area contributed by atoms with Gasteiger partial charge in [-0.05, 0) is 42.9 Å². The molecule has 0 radical (unpaired) electrons. The third kappa shape index (κ3) is 2.54. The number of aryl methyl sites for hydroxylation is 1. The Balaban J connectivity index is 2.33. The molecule has 100 valence electrons. The van der Waals surface area contributed by atoms with E-state index in [0.29, 0.717) is 11.1 Å². The van der Waals surface area contributed by atoms with E-state index in [2.05, 4.69) is 6.92 Å². The van der Waals surface area contributed by atoms with Crippen molar-refractivity contribution in [1.29, 1.82) is 0 Å². The molecule has 1 atom stereocenters. The molecule has 0 nitrogen and oxygen atoms in total. The Morgan fingerprint density at radius 2 is 1.72 bits per heavy atom. The second-order valence-electron chi connectivity index (χ2n) is 5.70. The van der Waals surface area contributed by atoms with Gasteiger partial charge in [-0.3, -0.25) is 0 Å². The maximum absolute atomic E-state index is 14.0. The fraction of sp³-hybridized carbons (Fsp3) is 0.600. The van der Waals surface area contributed by atoms with Gasteiger partial charge in [0, 0.05) is 5.56 Å². The molecule has 1 aromatic carbocycles. The first-order chi connectivity index (χ1) is 8.44. The molecule has 0 spiro atoms. The molecule has 1 aliphatic carbocycles. The van der Waals surface area contributed by atoms with Crippen LogP contribution in [0.3, 0.4) is 0 Å². The first kappa shape index (κ1) is 13.8. The number of hydrogen-bond donors (Lipinski definition) is 0. The molecule has 0 saturated heterocycles. The van der Waals surface area contributed by atoms with Crippen LogP contribution in [0.1, 0.15) is 55.5 Å². The van der Waals surface area contributed by atoms with E-state index in [4.69, 9.17) is 11.6 Å². The van der Waals surface area contributed by atoms with Gasteiger partial charge in [-0.2, -0.15) is 0 Å². The Morgan fingerprint density at radius 1 is 1.11 bits per heavy atom. The second kappa shape index (κ2) is 5.16. The van der Waals surface area contributed by atoms with Gasteiger partial charge in [-0.15, -0.1) is 11.6 Å². The van der Waals surface area contributed by atoms with Gasteiger partial charge in [0.05, 0.1) is 5.38 Å². The molecule has 18 heavy (non-hydrogen) atoms. The van der Waals surface area contributed by atoms with Gasteiger partial charge in [0.25, 0.3) is 0 Å². The number of halogens is 3. The number of rotatable bonds is 2. The topological polar surface area (TPSA) is 0 Å². The van der Waals surface area contributed by atoms with Crippen molar-refractivity contribution in [2.24, 2.45) is 5.41 Å². The second-order valence-corrected chi connectivity index (χ2v) is 6.14. The molecule has 1 fully saturated rings. The van der Waals surface area contributed by atoms with Crippen LogP contribution >= 0.6 is 11.6 Å². The highest BCUT2D eigenvalue weighted by molar-refractivity contribution is 6.21. The lowest BCUT2D eigenvalue weighted by Crippen LogP contribution is -2.26. The van der Waals surface area contributed by atoms with E-state index in [-0.39, 0.29) is 17.0 Å². The first-order valence-electron chi connectivity index (χ1n) is 6.54. The van der Waals surface area contributed by atoms with E-state index < -0.39 is 5.38 Å². The molecule has 0 bridgehead atoms. The van der Waals surface area contributed by atoms with Crippen LogP contribution in [0.2, 0.25) is 0 Å². The zero-order valence-electron chi connectivity index (χ0n) is 10.9. The fourth-order valence-electron chi connectivity index (χ4n) is 2.84. The molecule has 0 amide bonds. The predicted molar refractivity (Wildman–Crippen MR) is 70.9 cm³/mol. The molecule has 0 aliphatic heterocycles. The average Bonchev–Trinajstić information content (AvgIpc) is 2.34. The number of hydrogen-bond acceptors (Lipinski definition) is 0. The molecule has 2 rings (SSSR count). The van der Waals surface area contributed by atoms with E-state index in [0.717, 1.165) is 25.7 Å². The first-order valence-corrected chi connectivity index (χ1v) is 6.97. The van der Waals surface area contributed by atoms with Gasteiger partial charge >= 0.3 is 0 Å². The summed E-state index contributed by atoms with van der Waals surface area (Å²) in [6.45, 7) is 3.65. The lowest BCUT2D eigenvalue weighted by Gasteiger charge is -2.38. The van der Waals surface area contributed by atoms with E-state index >= 15 is 0 Å². The van der Waals surface area contributed by atoms with E-state index in [9.17, 15) is 8.78 Å². The highest BCUT2D eigenvalue weighted by atomic mass is 35.5. The van der Waals surface area contributed by atoms with Gasteiger partial charge in [-0.25, -0.2) is 8.78 Å². The van der Waals surface area contributed by atoms with E-state index in [1.165, 1.54) is 18.6 Å². The summed E-state index contributed by atoms with van der Waals surface area (Å²) < 4.78 is 27.5. The van der Waals surface area contributed by atoms with Crippen LogP contribution in [0, 0.1) is 24.0 Å². The Kier molecular flexibility index (Phi) is 3.96. The smallest absolute Gasteiger partial charge is 0.128 e. The molecule has 1 unspecified atom stereocenters. The lowest BCUT2D eigenvalue weighted by atomic mass is 9.71. The summed E-state index contributed by atoms with van der Waals surface area (Å²) in [6, 6.07) is 2.51. The minimum absolute atomic E-state index is 0.123. The highest BCUT2D eigenvalue weighted by Crippen LogP contribution is 2.49.